The van der Waals surface area contributed by atoms with E-state index < -0.39 is 4.92 Å². The zero-order valence-corrected chi connectivity index (χ0v) is 12.4. The Labute approximate surface area is 129 Å². The van der Waals surface area contributed by atoms with E-state index in [1.807, 2.05) is 0 Å². The summed E-state index contributed by atoms with van der Waals surface area (Å²) in [7, 11) is 3.01. The quantitative estimate of drug-likeness (QED) is 0.371. The van der Waals surface area contributed by atoms with Crippen LogP contribution < -0.4 is 17.0 Å². The Morgan fingerprint density at radius 1 is 1.17 bits per heavy atom. The Morgan fingerprint density at radius 2 is 1.78 bits per heavy atom. The van der Waals surface area contributed by atoms with Crippen LogP contribution >= 0.6 is 0 Å². The number of hydrogen-bond donors (Lipinski definition) is 2. The SMILES string of the molecule is Cn1c(=O)c2[nH]cnc2n(C)c1=O.Nc1ccc([N+](=O)[O-])cc1. The standard InChI is InChI=1S/C7H8N4O2.C6H6N2O2/c1-10-5-4(8-3-9-5)6(12)11(2)7(10)13;7-5-1-3-6(4-2-5)8(9)10/h3H,1-2H3,(H,8,9);1-4H,7H2. The topological polar surface area (TPSA) is 142 Å². The predicted molar refractivity (Wildman–Crippen MR) is 84.1 cm³/mol. The summed E-state index contributed by atoms with van der Waals surface area (Å²) < 4.78 is 2.37. The van der Waals surface area contributed by atoms with Crippen LogP contribution in [0.1, 0.15) is 0 Å². The molecule has 0 spiro atoms. The normalized spacial score (nSPS) is 10.2. The lowest BCUT2D eigenvalue weighted by atomic mass is 10.3. The fraction of sp³-hybridized carbons (Fsp3) is 0.154. The van der Waals surface area contributed by atoms with E-state index >= 15 is 0 Å². The van der Waals surface area contributed by atoms with Crippen LogP contribution in [0.5, 0.6) is 0 Å². The van der Waals surface area contributed by atoms with Crippen LogP contribution in [-0.2, 0) is 14.1 Å². The van der Waals surface area contributed by atoms with Gasteiger partial charge in [0.15, 0.2) is 5.65 Å². The second-order valence-electron chi connectivity index (χ2n) is 4.66. The fourth-order valence-electron chi connectivity index (χ4n) is 1.86. The van der Waals surface area contributed by atoms with Crippen molar-refractivity contribution in [3.8, 4) is 0 Å². The number of H-pyrrole nitrogens is 1. The number of imidazole rings is 1. The molecule has 0 unspecified atom stereocenters. The van der Waals surface area contributed by atoms with Crippen molar-refractivity contribution in [3.05, 3.63) is 61.5 Å². The molecule has 0 radical (unpaired) electrons. The van der Waals surface area contributed by atoms with Crippen molar-refractivity contribution in [2.45, 2.75) is 0 Å². The molecule has 0 aliphatic carbocycles. The van der Waals surface area contributed by atoms with Crippen LogP contribution in [0.4, 0.5) is 11.4 Å². The molecule has 2 aromatic heterocycles. The average Bonchev–Trinajstić information content (AvgIpc) is 3.02. The van der Waals surface area contributed by atoms with E-state index in [9.17, 15) is 19.7 Å². The zero-order chi connectivity index (χ0) is 17.1. The average molecular weight is 318 g/mol. The van der Waals surface area contributed by atoms with Crippen molar-refractivity contribution in [1.82, 2.24) is 19.1 Å². The highest BCUT2D eigenvalue weighted by atomic mass is 16.6. The molecule has 23 heavy (non-hydrogen) atoms. The summed E-state index contributed by atoms with van der Waals surface area (Å²) in [6.07, 6.45) is 1.39. The Balaban J connectivity index is 0.000000174. The van der Waals surface area contributed by atoms with Gasteiger partial charge in [0.05, 0.1) is 11.3 Å². The third-order valence-corrected chi connectivity index (χ3v) is 3.13. The summed E-state index contributed by atoms with van der Waals surface area (Å²) in [5, 5.41) is 10.1. The summed E-state index contributed by atoms with van der Waals surface area (Å²) >= 11 is 0. The number of aromatic nitrogens is 4. The van der Waals surface area contributed by atoms with Gasteiger partial charge in [0.2, 0.25) is 0 Å². The van der Waals surface area contributed by atoms with Gasteiger partial charge < -0.3 is 10.7 Å². The van der Waals surface area contributed by atoms with Crippen LogP contribution in [0.2, 0.25) is 0 Å². The second-order valence-corrected chi connectivity index (χ2v) is 4.66. The fourth-order valence-corrected chi connectivity index (χ4v) is 1.86. The van der Waals surface area contributed by atoms with Crippen molar-refractivity contribution < 1.29 is 4.92 Å². The van der Waals surface area contributed by atoms with Crippen LogP contribution in [-0.4, -0.2) is 24.0 Å². The van der Waals surface area contributed by atoms with Crippen molar-refractivity contribution in [3.63, 3.8) is 0 Å². The molecule has 0 saturated carbocycles. The van der Waals surface area contributed by atoms with Gasteiger partial charge in [-0.05, 0) is 12.1 Å². The van der Waals surface area contributed by atoms with Crippen molar-refractivity contribution in [2.75, 3.05) is 5.73 Å². The molecule has 120 valence electrons. The lowest BCUT2D eigenvalue weighted by Crippen LogP contribution is -2.36. The molecule has 10 nitrogen and oxygen atoms in total. The van der Waals surface area contributed by atoms with Gasteiger partial charge in [-0.15, -0.1) is 0 Å². The van der Waals surface area contributed by atoms with E-state index in [4.69, 9.17) is 5.73 Å². The van der Waals surface area contributed by atoms with E-state index in [1.165, 1.54) is 42.2 Å². The van der Waals surface area contributed by atoms with Gasteiger partial charge in [-0.2, -0.15) is 0 Å². The number of aryl methyl sites for hydroxylation is 1. The van der Waals surface area contributed by atoms with Gasteiger partial charge >= 0.3 is 5.69 Å². The van der Waals surface area contributed by atoms with E-state index in [2.05, 4.69) is 9.97 Å². The minimum absolute atomic E-state index is 0.0641. The zero-order valence-electron chi connectivity index (χ0n) is 12.4. The smallest absolute Gasteiger partial charge is 0.332 e. The molecular formula is C13H14N6O4. The summed E-state index contributed by atoms with van der Waals surface area (Å²) in [5.74, 6) is 0. The third kappa shape index (κ3) is 3.10. The molecule has 0 fully saturated rings. The van der Waals surface area contributed by atoms with Crippen LogP contribution in [0.3, 0.4) is 0 Å². The van der Waals surface area contributed by atoms with Crippen LogP contribution in [0.15, 0.2) is 40.2 Å². The number of anilines is 1. The van der Waals surface area contributed by atoms with E-state index in [0.717, 1.165) is 4.57 Å². The first-order chi connectivity index (χ1) is 10.8. The molecule has 1 aromatic carbocycles. The Bertz CT molecular complexity index is 967. The minimum Gasteiger partial charge on any atom is -0.399 e. The minimum atomic E-state index is -0.459. The number of nitrogens with zero attached hydrogens (tertiary/aromatic N) is 4. The molecule has 3 rings (SSSR count). The Morgan fingerprint density at radius 3 is 2.35 bits per heavy atom. The highest BCUT2D eigenvalue weighted by molar-refractivity contribution is 5.68. The van der Waals surface area contributed by atoms with Gasteiger partial charge in [0.25, 0.3) is 11.2 Å². The van der Waals surface area contributed by atoms with Crippen molar-refractivity contribution in [1.29, 1.82) is 0 Å². The molecule has 3 aromatic rings. The van der Waals surface area contributed by atoms with Gasteiger partial charge in [-0.25, -0.2) is 9.78 Å². The van der Waals surface area contributed by atoms with E-state index in [-0.39, 0.29) is 16.9 Å². The number of rotatable bonds is 1. The molecule has 10 heteroatoms. The first kappa shape index (κ1) is 15.9. The first-order valence-electron chi connectivity index (χ1n) is 6.42. The number of benzene rings is 1. The summed E-state index contributed by atoms with van der Waals surface area (Å²) in [6, 6.07) is 5.74. The maximum absolute atomic E-state index is 11.4. The molecule has 0 atom stereocenters. The number of nitrogen functional groups attached to an aromatic ring is 1. The maximum Gasteiger partial charge on any atom is 0.332 e. The van der Waals surface area contributed by atoms with Crippen LogP contribution in [0.25, 0.3) is 11.2 Å². The number of hydrogen-bond acceptors (Lipinski definition) is 6. The highest BCUT2D eigenvalue weighted by Gasteiger charge is 2.08. The van der Waals surface area contributed by atoms with E-state index in [1.54, 1.807) is 7.05 Å². The molecule has 0 bridgehead atoms. The number of nitrogens with one attached hydrogen (secondary N) is 1. The molecule has 0 aliphatic heterocycles. The first-order valence-corrected chi connectivity index (χ1v) is 6.42. The van der Waals surface area contributed by atoms with Crippen LogP contribution in [0, 0.1) is 10.1 Å². The van der Waals surface area contributed by atoms with Gasteiger partial charge in [-0.1, -0.05) is 0 Å². The second kappa shape index (κ2) is 6.13. The predicted octanol–water partition coefficient (Wildman–Crippen LogP) is 0.137. The Hall–Kier alpha value is -3.43. The lowest BCUT2D eigenvalue weighted by Gasteiger charge is -2.00. The van der Waals surface area contributed by atoms with E-state index in [0.29, 0.717) is 16.9 Å². The molecule has 0 aliphatic rings. The largest absolute Gasteiger partial charge is 0.399 e. The number of aromatic amines is 1. The summed E-state index contributed by atoms with van der Waals surface area (Å²) in [6.45, 7) is 0. The number of nitro benzene ring substituents is 1. The molecule has 0 saturated heterocycles. The molecule has 0 amide bonds. The lowest BCUT2D eigenvalue weighted by molar-refractivity contribution is -0.384. The van der Waals surface area contributed by atoms with Crippen molar-refractivity contribution in [2.24, 2.45) is 14.1 Å². The Kier molecular flexibility index (Phi) is 4.25. The molecule has 3 N–H and O–H groups in total. The van der Waals surface area contributed by atoms with Gasteiger partial charge in [0.1, 0.15) is 5.52 Å². The number of nitro groups is 1. The summed E-state index contributed by atoms with van der Waals surface area (Å²) in [4.78, 5) is 39.0. The van der Waals surface area contributed by atoms with Crippen molar-refractivity contribution >= 4 is 22.5 Å². The highest BCUT2D eigenvalue weighted by Crippen LogP contribution is 2.12. The summed E-state index contributed by atoms with van der Waals surface area (Å²) in [5.41, 5.74) is 5.91. The number of non-ortho nitro benzene ring substituents is 1. The van der Waals surface area contributed by atoms with Gasteiger partial charge in [-0.3, -0.25) is 24.0 Å². The maximum atomic E-state index is 11.4. The molecule has 2 heterocycles. The number of nitrogens with two attached hydrogens (primary N) is 1. The molecular weight excluding hydrogens is 304 g/mol. The number of fused-ring (bicyclic) bond motifs is 1. The monoisotopic (exact) mass is 318 g/mol. The third-order valence-electron chi connectivity index (χ3n) is 3.13. The van der Waals surface area contributed by atoms with Gasteiger partial charge in [0, 0.05) is 31.9 Å².